The van der Waals surface area contributed by atoms with Gasteiger partial charge in [0, 0.05) is 32.7 Å². The minimum Gasteiger partial charge on any atom is -0.395 e. The molecule has 0 unspecified atom stereocenters. The number of hydrogen-bond donors (Lipinski definition) is 1. The van der Waals surface area contributed by atoms with Gasteiger partial charge in [-0.25, -0.2) is 4.98 Å². The van der Waals surface area contributed by atoms with E-state index in [4.69, 9.17) is 4.98 Å². The number of benzene rings is 1. The molecule has 0 atom stereocenters. The van der Waals surface area contributed by atoms with Crippen LogP contribution in [0.15, 0.2) is 30.3 Å². The number of para-hydroxylation sites is 2. The fourth-order valence-electron chi connectivity index (χ4n) is 3.98. The molecule has 3 aromatic rings. The van der Waals surface area contributed by atoms with Gasteiger partial charge in [-0.05, 0) is 29.7 Å². The molecule has 1 N–H and O–H groups in total. The Labute approximate surface area is 159 Å². The standard InChI is InChI=1S/C21H25N5O/c1-15(2)16-13-20(25-9-7-24(8-10-25)11-12-27)26-19-6-4-3-5-18(19)23-21(26)17(16)14-22/h3-6,13,15,27H,7-12H2,1-2H3. The van der Waals surface area contributed by atoms with Crippen molar-refractivity contribution in [2.24, 2.45) is 0 Å². The molecule has 1 aromatic carbocycles. The Kier molecular flexibility index (Phi) is 4.73. The summed E-state index contributed by atoms with van der Waals surface area (Å²) in [6.07, 6.45) is 0. The minimum absolute atomic E-state index is 0.199. The largest absolute Gasteiger partial charge is 0.395 e. The molecule has 0 aliphatic carbocycles. The highest BCUT2D eigenvalue weighted by molar-refractivity contribution is 5.85. The molecule has 3 heterocycles. The molecule has 1 saturated heterocycles. The Morgan fingerprint density at radius 3 is 2.59 bits per heavy atom. The van der Waals surface area contributed by atoms with E-state index in [0.29, 0.717) is 5.56 Å². The fourth-order valence-corrected chi connectivity index (χ4v) is 3.98. The summed E-state index contributed by atoms with van der Waals surface area (Å²) in [7, 11) is 0. The molecule has 1 aliphatic rings. The maximum atomic E-state index is 9.84. The van der Waals surface area contributed by atoms with Crippen molar-refractivity contribution in [3.8, 4) is 6.07 Å². The molecule has 2 aromatic heterocycles. The van der Waals surface area contributed by atoms with E-state index >= 15 is 0 Å². The van der Waals surface area contributed by atoms with E-state index in [0.717, 1.165) is 60.8 Å². The SMILES string of the molecule is CC(C)c1cc(N2CCN(CCO)CC2)n2c(nc3ccccc32)c1C#N. The van der Waals surface area contributed by atoms with Crippen molar-refractivity contribution < 1.29 is 5.11 Å². The molecule has 0 radical (unpaired) electrons. The molecular formula is C21H25N5O. The molecule has 0 amide bonds. The monoisotopic (exact) mass is 363 g/mol. The van der Waals surface area contributed by atoms with Gasteiger partial charge in [-0.3, -0.25) is 9.30 Å². The quantitative estimate of drug-likeness (QED) is 0.772. The summed E-state index contributed by atoms with van der Waals surface area (Å²) < 4.78 is 2.14. The van der Waals surface area contributed by atoms with Gasteiger partial charge in [-0.15, -0.1) is 0 Å². The number of pyridine rings is 1. The third-order valence-electron chi connectivity index (χ3n) is 5.43. The molecular weight excluding hydrogens is 338 g/mol. The van der Waals surface area contributed by atoms with Gasteiger partial charge in [0.1, 0.15) is 11.9 Å². The maximum Gasteiger partial charge on any atom is 0.157 e. The van der Waals surface area contributed by atoms with E-state index in [1.165, 1.54) is 0 Å². The molecule has 0 bridgehead atoms. The summed E-state index contributed by atoms with van der Waals surface area (Å²) >= 11 is 0. The summed E-state index contributed by atoms with van der Waals surface area (Å²) in [4.78, 5) is 9.46. The number of β-amino-alcohol motifs (C(OH)–C–C–N with tert-alkyl or cyclic N) is 1. The zero-order chi connectivity index (χ0) is 19.0. The molecule has 4 rings (SSSR count). The Bertz CT molecular complexity index is 1010. The Balaban J connectivity index is 1.90. The van der Waals surface area contributed by atoms with Crippen LogP contribution in [0.4, 0.5) is 5.82 Å². The van der Waals surface area contributed by atoms with Crippen LogP contribution in [0.1, 0.15) is 30.9 Å². The average Bonchev–Trinajstić information content (AvgIpc) is 3.07. The van der Waals surface area contributed by atoms with Gasteiger partial charge < -0.3 is 10.0 Å². The first-order chi connectivity index (χ1) is 13.1. The first-order valence-electron chi connectivity index (χ1n) is 9.56. The number of nitrogens with zero attached hydrogens (tertiary/aromatic N) is 5. The van der Waals surface area contributed by atoms with Crippen LogP contribution in [0.2, 0.25) is 0 Å². The van der Waals surface area contributed by atoms with Crippen molar-refractivity contribution in [3.05, 3.63) is 41.5 Å². The lowest BCUT2D eigenvalue weighted by atomic mass is 9.98. The summed E-state index contributed by atoms with van der Waals surface area (Å²) in [5, 5.41) is 19.0. The lowest BCUT2D eigenvalue weighted by Gasteiger charge is -2.36. The van der Waals surface area contributed by atoms with Crippen molar-refractivity contribution >= 4 is 22.5 Å². The molecule has 27 heavy (non-hydrogen) atoms. The van der Waals surface area contributed by atoms with E-state index in [1.54, 1.807) is 0 Å². The second kappa shape index (κ2) is 7.18. The number of nitriles is 1. The van der Waals surface area contributed by atoms with Crippen molar-refractivity contribution in [2.45, 2.75) is 19.8 Å². The van der Waals surface area contributed by atoms with E-state index < -0.39 is 0 Å². The van der Waals surface area contributed by atoms with Gasteiger partial charge in [-0.2, -0.15) is 5.26 Å². The smallest absolute Gasteiger partial charge is 0.157 e. The molecule has 0 saturated carbocycles. The topological polar surface area (TPSA) is 67.8 Å². The Morgan fingerprint density at radius 2 is 1.93 bits per heavy atom. The predicted octanol–water partition coefficient (Wildman–Crippen LogP) is 2.60. The number of aliphatic hydroxyl groups excluding tert-OH is 1. The number of hydrogen-bond acceptors (Lipinski definition) is 5. The predicted molar refractivity (Wildman–Crippen MR) is 107 cm³/mol. The average molecular weight is 363 g/mol. The lowest BCUT2D eigenvalue weighted by molar-refractivity contribution is 0.188. The zero-order valence-corrected chi connectivity index (χ0v) is 15.9. The van der Waals surface area contributed by atoms with Crippen LogP contribution >= 0.6 is 0 Å². The van der Waals surface area contributed by atoms with E-state index in [1.807, 2.05) is 18.2 Å². The molecule has 140 valence electrons. The summed E-state index contributed by atoms with van der Waals surface area (Å²) in [5.74, 6) is 1.35. The van der Waals surface area contributed by atoms with Crippen LogP contribution in [0, 0.1) is 11.3 Å². The van der Waals surface area contributed by atoms with Gasteiger partial charge in [0.2, 0.25) is 0 Å². The van der Waals surface area contributed by atoms with Crippen molar-refractivity contribution in [1.29, 1.82) is 5.26 Å². The third kappa shape index (κ3) is 3.03. The number of rotatable bonds is 4. The first-order valence-corrected chi connectivity index (χ1v) is 9.56. The first kappa shape index (κ1) is 17.8. The Hall–Kier alpha value is -2.62. The molecule has 6 heteroatoms. The third-order valence-corrected chi connectivity index (χ3v) is 5.43. The van der Waals surface area contributed by atoms with Crippen LogP contribution in [-0.2, 0) is 0 Å². The lowest BCUT2D eigenvalue weighted by Crippen LogP contribution is -2.47. The summed E-state index contributed by atoms with van der Waals surface area (Å²) in [6.45, 7) is 8.80. The van der Waals surface area contributed by atoms with Crippen molar-refractivity contribution in [3.63, 3.8) is 0 Å². The highest BCUT2D eigenvalue weighted by Gasteiger charge is 2.24. The van der Waals surface area contributed by atoms with E-state index in [-0.39, 0.29) is 12.5 Å². The van der Waals surface area contributed by atoms with Crippen molar-refractivity contribution in [1.82, 2.24) is 14.3 Å². The number of fused-ring (bicyclic) bond motifs is 3. The van der Waals surface area contributed by atoms with Gasteiger partial charge in [0.15, 0.2) is 5.65 Å². The number of aliphatic hydroxyl groups is 1. The van der Waals surface area contributed by atoms with E-state index in [2.05, 4.69) is 46.2 Å². The van der Waals surface area contributed by atoms with Crippen LogP contribution < -0.4 is 4.90 Å². The zero-order valence-electron chi connectivity index (χ0n) is 15.9. The number of imidazole rings is 1. The van der Waals surface area contributed by atoms with Gasteiger partial charge in [0.25, 0.3) is 0 Å². The highest BCUT2D eigenvalue weighted by atomic mass is 16.3. The van der Waals surface area contributed by atoms with Gasteiger partial charge in [0.05, 0.1) is 23.2 Å². The molecule has 0 spiro atoms. The van der Waals surface area contributed by atoms with Crippen molar-refractivity contribution in [2.75, 3.05) is 44.2 Å². The molecule has 6 nitrogen and oxygen atoms in total. The molecule has 1 fully saturated rings. The normalized spacial score (nSPS) is 15.7. The second-order valence-electron chi connectivity index (χ2n) is 7.41. The minimum atomic E-state index is 0.199. The van der Waals surface area contributed by atoms with E-state index in [9.17, 15) is 10.4 Å². The number of aromatic nitrogens is 2. The number of piperazine rings is 1. The summed E-state index contributed by atoms with van der Waals surface area (Å²) in [5.41, 5.74) is 4.41. The second-order valence-corrected chi connectivity index (χ2v) is 7.41. The van der Waals surface area contributed by atoms with Gasteiger partial charge >= 0.3 is 0 Å². The van der Waals surface area contributed by atoms with Crippen LogP contribution in [0.5, 0.6) is 0 Å². The fraction of sp³-hybridized carbons (Fsp3) is 0.429. The number of anilines is 1. The van der Waals surface area contributed by atoms with Crippen LogP contribution in [0.25, 0.3) is 16.7 Å². The van der Waals surface area contributed by atoms with Crippen LogP contribution in [0.3, 0.4) is 0 Å². The van der Waals surface area contributed by atoms with Gasteiger partial charge in [-0.1, -0.05) is 26.0 Å². The van der Waals surface area contributed by atoms with Crippen LogP contribution in [-0.4, -0.2) is 58.7 Å². The highest BCUT2D eigenvalue weighted by Crippen LogP contribution is 2.32. The molecule has 1 aliphatic heterocycles. The summed E-state index contributed by atoms with van der Waals surface area (Å²) in [6, 6.07) is 12.6. The maximum absolute atomic E-state index is 9.84. The Morgan fingerprint density at radius 1 is 1.19 bits per heavy atom.